The summed E-state index contributed by atoms with van der Waals surface area (Å²) in [5, 5.41) is 73.0. The molecular weight excluding hydrogens is 664 g/mol. The zero-order valence-corrected chi connectivity index (χ0v) is 25.8. The Hall–Kier alpha value is -0.890. The number of aliphatic hydroxyl groups excluding tert-OH is 7. The van der Waals surface area contributed by atoms with Gasteiger partial charge >= 0.3 is 10.4 Å². The van der Waals surface area contributed by atoms with Gasteiger partial charge < -0.3 is 98.6 Å². The van der Waals surface area contributed by atoms with E-state index < -0.39 is 133 Å². The Bertz CT molecular complexity index is 1080. The molecule has 0 spiro atoms. The van der Waals surface area contributed by atoms with Gasteiger partial charge in [0, 0.05) is 25.2 Å². The molecular formula is C23H48N6O17S. The van der Waals surface area contributed by atoms with E-state index in [9.17, 15) is 35.7 Å². The predicted molar refractivity (Wildman–Crippen MR) is 153 cm³/mol. The van der Waals surface area contributed by atoms with Crippen molar-refractivity contribution in [1.82, 2.24) is 0 Å². The summed E-state index contributed by atoms with van der Waals surface area (Å²) < 4.78 is 66.2. The fourth-order valence-electron chi connectivity index (χ4n) is 5.74. The molecule has 278 valence electrons. The van der Waals surface area contributed by atoms with Gasteiger partial charge in [-0.15, -0.1) is 0 Å². The minimum atomic E-state index is -4.67. The third-order valence-electron chi connectivity index (χ3n) is 8.37. The second-order valence-corrected chi connectivity index (χ2v) is 12.6. The maximum atomic E-state index is 11.1. The molecule has 3 saturated heterocycles. The Kier molecular flexibility index (Phi) is 14.6. The zero-order valence-electron chi connectivity index (χ0n) is 25.0. The lowest BCUT2D eigenvalue weighted by Gasteiger charge is -2.47. The van der Waals surface area contributed by atoms with Crippen LogP contribution in [0.1, 0.15) is 6.42 Å². The maximum Gasteiger partial charge on any atom is 0.394 e. The molecule has 4 fully saturated rings. The van der Waals surface area contributed by atoms with Crippen molar-refractivity contribution in [3.63, 3.8) is 0 Å². The van der Waals surface area contributed by atoms with Crippen LogP contribution in [-0.4, -0.2) is 189 Å². The molecule has 3 heterocycles. The van der Waals surface area contributed by atoms with Crippen LogP contribution in [0.15, 0.2) is 0 Å². The smallest absolute Gasteiger partial charge is 0.394 e. The van der Waals surface area contributed by atoms with E-state index in [1.54, 1.807) is 0 Å². The van der Waals surface area contributed by atoms with Crippen LogP contribution in [0.5, 0.6) is 0 Å². The van der Waals surface area contributed by atoms with E-state index in [4.69, 9.17) is 80.3 Å². The second kappa shape index (κ2) is 16.9. The number of nitrogens with two attached hydrogens (primary N) is 6. The number of rotatable bonds is 9. The zero-order chi connectivity index (χ0) is 35.5. The first kappa shape index (κ1) is 40.5. The Labute approximate surface area is 269 Å². The SMILES string of the molecule is NC[C@@H]1OC(O[C@@H]2[C@@H](O)[C@H](O[C@H]3[C@@H](O)[C@H](N)C[C@H](N)[C@H]3O[C@H]3O[C@H](CN)[C@H](O)[C@H](O)[C@H]3N)O[C@@H]2CO)[C@H](N)[C@@H](O)[C@H]1O.O=S(=O)(O)O. The van der Waals surface area contributed by atoms with E-state index in [1.807, 2.05) is 0 Å². The van der Waals surface area contributed by atoms with Crippen LogP contribution >= 0.6 is 0 Å². The standard InChI is InChI=1S/C23H46N6O13.H2O4S/c24-2-7-13(32)15(34)10(28)21(37-7)40-18-6(27)1-5(26)12(31)20(18)42-23-17(36)19(9(4-30)39-23)41-22-11(29)16(35)14(33)8(3-25)38-22;1-5(2,3)4/h5-23,30-36H,1-4,24-29H2;(H2,1,2,3,4)/t5-,6+,7-,8+,9-,10-,11-,12+,13+,14+,15-,16-,17-,18-,19+,20+,21-,22?,23+;/m1./s1. The molecule has 0 aromatic carbocycles. The monoisotopic (exact) mass is 712 g/mol. The largest absolute Gasteiger partial charge is 0.394 e. The second-order valence-electron chi connectivity index (χ2n) is 11.7. The van der Waals surface area contributed by atoms with Gasteiger partial charge in [0.15, 0.2) is 18.9 Å². The molecule has 1 unspecified atom stereocenters. The van der Waals surface area contributed by atoms with Crippen LogP contribution in [0.4, 0.5) is 0 Å². The topological polar surface area (TPSA) is 428 Å². The van der Waals surface area contributed by atoms with Crippen molar-refractivity contribution in [2.24, 2.45) is 34.4 Å². The molecule has 0 radical (unpaired) electrons. The van der Waals surface area contributed by atoms with Gasteiger partial charge in [-0.1, -0.05) is 0 Å². The summed E-state index contributed by atoms with van der Waals surface area (Å²) in [5.74, 6) is 0. The summed E-state index contributed by atoms with van der Waals surface area (Å²) in [6, 6.07) is -4.18. The molecule has 1 aliphatic carbocycles. The molecule has 1 saturated carbocycles. The number of hydrogen-bond donors (Lipinski definition) is 15. The van der Waals surface area contributed by atoms with Gasteiger partial charge in [0.25, 0.3) is 0 Å². The summed E-state index contributed by atoms with van der Waals surface area (Å²) in [5.41, 5.74) is 35.6. The molecule has 0 aromatic rings. The summed E-state index contributed by atoms with van der Waals surface area (Å²) in [6.07, 6.45) is -19.8. The minimum absolute atomic E-state index is 0.0889. The Morgan fingerprint density at radius 3 is 1.40 bits per heavy atom. The first-order chi connectivity index (χ1) is 21.8. The Balaban J connectivity index is 0.00000111. The van der Waals surface area contributed by atoms with Crippen molar-refractivity contribution in [3.05, 3.63) is 0 Å². The molecule has 24 heteroatoms. The highest BCUT2D eigenvalue weighted by Gasteiger charge is 2.54. The highest BCUT2D eigenvalue weighted by atomic mass is 32.3. The lowest BCUT2D eigenvalue weighted by Crippen LogP contribution is -2.68. The van der Waals surface area contributed by atoms with Crippen molar-refractivity contribution in [3.8, 4) is 0 Å². The van der Waals surface area contributed by atoms with Crippen LogP contribution in [0, 0.1) is 0 Å². The first-order valence-electron chi connectivity index (χ1n) is 14.6. The summed E-state index contributed by atoms with van der Waals surface area (Å²) >= 11 is 0. The van der Waals surface area contributed by atoms with Crippen molar-refractivity contribution in [2.75, 3.05) is 19.7 Å². The van der Waals surface area contributed by atoms with Gasteiger partial charge in [-0.05, 0) is 6.42 Å². The maximum absolute atomic E-state index is 11.1. The van der Waals surface area contributed by atoms with E-state index in [1.165, 1.54) is 0 Å². The Morgan fingerprint density at radius 2 is 0.979 bits per heavy atom. The van der Waals surface area contributed by atoms with E-state index >= 15 is 0 Å². The third kappa shape index (κ3) is 9.67. The number of aliphatic hydroxyl groups is 7. The highest BCUT2D eigenvalue weighted by Crippen LogP contribution is 2.34. The van der Waals surface area contributed by atoms with Crippen LogP contribution in [0.25, 0.3) is 0 Å². The lowest BCUT2D eigenvalue weighted by atomic mass is 9.84. The van der Waals surface area contributed by atoms with Crippen molar-refractivity contribution in [2.45, 2.75) is 123 Å². The van der Waals surface area contributed by atoms with E-state index in [2.05, 4.69) is 0 Å². The van der Waals surface area contributed by atoms with Crippen LogP contribution in [-0.2, 0) is 38.8 Å². The minimum Gasteiger partial charge on any atom is -0.394 e. The van der Waals surface area contributed by atoms with Gasteiger partial charge in [-0.2, -0.15) is 8.42 Å². The molecule has 19 atom stereocenters. The van der Waals surface area contributed by atoms with E-state index in [-0.39, 0.29) is 19.5 Å². The number of hydrogen-bond acceptors (Lipinski definition) is 21. The van der Waals surface area contributed by atoms with Crippen molar-refractivity contribution < 1.29 is 81.7 Å². The van der Waals surface area contributed by atoms with Gasteiger partial charge in [-0.3, -0.25) is 9.11 Å². The molecule has 21 N–H and O–H groups in total. The average molecular weight is 713 g/mol. The van der Waals surface area contributed by atoms with Crippen LogP contribution in [0.2, 0.25) is 0 Å². The molecule has 4 aliphatic rings. The average Bonchev–Trinajstić information content (AvgIpc) is 3.30. The molecule has 47 heavy (non-hydrogen) atoms. The lowest BCUT2D eigenvalue weighted by molar-refractivity contribution is -0.306. The number of ether oxygens (including phenoxy) is 6. The van der Waals surface area contributed by atoms with E-state index in [0.29, 0.717) is 0 Å². The van der Waals surface area contributed by atoms with Gasteiger partial charge in [0.1, 0.15) is 67.1 Å². The summed E-state index contributed by atoms with van der Waals surface area (Å²) in [6.45, 7) is -0.967. The summed E-state index contributed by atoms with van der Waals surface area (Å²) in [4.78, 5) is 0. The molecule has 0 bridgehead atoms. The molecule has 23 nitrogen and oxygen atoms in total. The molecule has 4 rings (SSSR count). The van der Waals surface area contributed by atoms with Crippen molar-refractivity contribution >= 4 is 10.4 Å². The van der Waals surface area contributed by atoms with Gasteiger partial charge in [-0.25, -0.2) is 0 Å². The normalized spacial score (nSPS) is 49.3. The predicted octanol–water partition coefficient (Wildman–Crippen LogP) is -9.55. The van der Waals surface area contributed by atoms with Gasteiger partial charge in [0.05, 0.1) is 24.8 Å². The van der Waals surface area contributed by atoms with E-state index in [0.717, 1.165) is 0 Å². The Morgan fingerprint density at radius 1 is 0.574 bits per heavy atom. The molecule has 3 aliphatic heterocycles. The molecule has 0 aromatic heterocycles. The molecule has 0 amide bonds. The first-order valence-corrected chi connectivity index (χ1v) is 16.0. The van der Waals surface area contributed by atoms with Crippen LogP contribution in [0.3, 0.4) is 0 Å². The van der Waals surface area contributed by atoms with Crippen LogP contribution < -0.4 is 34.4 Å². The summed E-state index contributed by atoms with van der Waals surface area (Å²) in [7, 11) is -4.67. The fourth-order valence-corrected chi connectivity index (χ4v) is 5.74. The quantitative estimate of drug-likeness (QED) is 0.0986. The van der Waals surface area contributed by atoms with Gasteiger partial charge in [0.2, 0.25) is 0 Å². The fraction of sp³-hybridized carbons (Fsp3) is 1.00. The third-order valence-corrected chi connectivity index (χ3v) is 8.37. The van der Waals surface area contributed by atoms with Crippen molar-refractivity contribution in [1.29, 1.82) is 0 Å². The highest BCUT2D eigenvalue weighted by molar-refractivity contribution is 7.79.